The number of hydrogen-bond acceptors (Lipinski definition) is 6. The highest BCUT2D eigenvalue weighted by atomic mass is 35.5. The lowest BCUT2D eigenvalue weighted by Crippen LogP contribution is -2.49. The molecular formula is C33H43ClN2O5S. The van der Waals surface area contributed by atoms with Crippen molar-refractivity contribution in [3.8, 4) is 5.75 Å². The average molecular weight is 615 g/mol. The highest BCUT2D eigenvalue weighted by molar-refractivity contribution is 7.90. The van der Waals surface area contributed by atoms with E-state index in [0.29, 0.717) is 43.2 Å². The molecule has 2 aliphatic carbocycles. The van der Waals surface area contributed by atoms with Crippen molar-refractivity contribution in [2.24, 2.45) is 23.7 Å². The number of carbonyl (C=O) groups is 1. The van der Waals surface area contributed by atoms with Gasteiger partial charge in [-0.1, -0.05) is 31.5 Å². The molecule has 9 heteroatoms. The molecule has 0 radical (unpaired) electrons. The van der Waals surface area contributed by atoms with E-state index in [4.69, 9.17) is 16.3 Å². The van der Waals surface area contributed by atoms with E-state index in [2.05, 4.69) is 28.7 Å². The number of sulfonamides is 1. The zero-order valence-corrected chi connectivity index (χ0v) is 26.4. The molecule has 1 fully saturated rings. The second kappa shape index (κ2) is 11.3. The Kier molecular flexibility index (Phi) is 8.03. The summed E-state index contributed by atoms with van der Waals surface area (Å²) in [5.41, 5.74) is 3.38. The third-order valence-corrected chi connectivity index (χ3v) is 12.8. The largest absolute Gasteiger partial charge is 0.490 e. The van der Waals surface area contributed by atoms with Gasteiger partial charge < -0.3 is 14.7 Å². The van der Waals surface area contributed by atoms with Gasteiger partial charge in [-0.3, -0.25) is 4.79 Å². The summed E-state index contributed by atoms with van der Waals surface area (Å²) in [6.45, 7) is 7.63. The quantitative estimate of drug-likeness (QED) is 0.394. The molecule has 228 valence electrons. The zero-order valence-electron chi connectivity index (χ0n) is 24.8. The third kappa shape index (κ3) is 5.55. The van der Waals surface area contributed by atoms with Crippen LogP contribution in [0.5, 0.6) is 5.75 Å². The minimum absolute atomic E-state index is 0.164. The minimum atomic E-state index is -3.90. The van der Waals surface area contributed by atoms with Crippen LogP contribution < -0.4 is 14.4 Å². The van der Waals surface area contributed by atoms with Crippen LogP contribution in [0, 0.1) is 23.7 Å². The van der Waals surface area contributed by atoms with Crippen molar-refractivity contribution in [1.29, 1.82) is 0 Å². The monoisotopic (exact) mass is 614 g/mol. The lowest BCUT2D eigenvalue weighted by molar-refractivity contribution is 0.000383. The topological polar surface area (TPSA) is 95.9 Å². The number of aryl methyl sites for hydroxylation is 1. The number of amides is 1. The minimum Gasteiger partial charge on any atom is -0.490 e. The molecular weight excluding hydrogens is 572 g/mol. The Morgan fingerprint density at radius 3 is 2.67 bits per heavy atom. The highest BCUT2D eigenvalue weighted by Crippen LogP contribution is 2.47. The van der Waals surface area contributed by atoms with E-state index in [1.165, 1.54) is 11.1 Å². The van der Waals surface area contributed by atoms with Crippen LogP contribution in [-0.4, -0.2) is 50.5 Å². The van der Waals surface area contributed by atoms with Crippen molar-refractivity contribution in [3.05, 3.63) is 58.1 Å². The molecule has 42 heavy (non-hydrogen) atoms. The Morgan fingerprint density at radius 1 is 1.10 bits per heavy atom. The molecule has 1 spiro atoms. The molecule has 0 aromatic heterocycles. The van der Waals surface area contributed by atoms with Crippen LogP contribution in [0.15, 0.2) is 36.4 Å². The van der Waals surface area contributed by atoms with Gasteiger partial charge in [0, 0.05) is 29.1 Å². The number of ether oxygens (including phenoxy) is 1. The van der Waals surface area contributed by atoms with Gasteiger partial charge in [0.2, 0.25) is 10.0 Å². The van der Waals surface area contributed by atoms with Crippen molar-refractivity contribution in [2.75, 3.05) is 24.6 Å². The van der Waals surface area contributed by atoms with Crippen molar-refractivity contribution < 1.29 is 23.1 Å². The smallest absolute Gasteiger partial charge is 0.264 e. The van der Waals surface area contributed by atoms with Crippen LogP contribution in [0.3, 0.4) is 0 Å². The summed E-state index contributed by atoms with van der Waals surface area (Å²) in [7, 11) is -3.90. The van der Waals surface area contributed by atoms with Crippen molar-refractivity contribution >= 4 is 33.2 Å². The molecule has 2 bridgehead atoms. The number of nitrogens with zero attached hydrogens (tertiary/aromatic N) is 1. The van der Waals surface area contributed by atoms with Gasteiger partial charge in [0.15, 0.2) is 0 Å². The second-order valence-electron chi connectivity index (χ2n) is 13.6. The number of halogens is 1. The molecule has 2 aromatic carbocycles. The summed E-state index contributed by atoms with van der Waals surface area (Å²) >= 11 is 6.39. The lowest BCUT2D eigenvalue weighted by Gasteiger charge is -2.46. The fraction of sp³-hybridized carbons (Fsp3) is 0.606. The first-order valence-electron chi connectivity index (χ1n) is 15.5. The number of aliphatic hydroxyl groups excluding tert-OH is 1. The van der Waals surface area contributed by atoms with Crippen molar-refractivity contribution in [3.63, 3.8) is 0 Å². The Labute approximate surface area is 255 Å². The summed E-state index contributed by atoms with van der Waals surface area (Å²) in [5.74, 6) is 0.598. The number of hydrogen-bond donors (Lipinski definition) is 2. The molecule has 1 amide bonds. The predicted molar refractivity (Wildman–Crippen MR) is 166 cm³/mol. The first kappa shape index (κ1) is 29.8. The van der Waals surface area contributed by atoms with Crippen molar-refractivity contribution in [1.82, 2.24) is 4.72 Å². The van der Waals surface area contributed by atoms with Gasteiger partial charge in [-0.15, -0.1) is 0 Å². The fourth-order valence-corrected chi connectivity index (χ4v) is 9.44. The maximum atomic E-state index is 13.4. The van der Waals surface area contributed by atoms with Crippen LogP contribution in [0.1, 0.15) is 80.8 Å². The summed E-state index contributed by atoms with van der Waals surface area (Å²) in [5, 5.41) is 11.4. The third-order valence-electron chi connectivity index (χ3n) is 10.7. The molecule has 0 unspecified atom stereocenters. The number of aliphatic hydroxyl groups is 1. The standard InChI is InChI=1S/C33H43ClN2O5S/c1-20-13-21(2)22(3)42(39,40)35-32(38)24-7-11-31-29(16-24)36(17-25-6-9-27(25)30(37)14-20)18-33(19-41-31)12-4-5-23-15-26(34)8-10-28(23)33/h7-8,10-11,15-16,20-22,25,27,30,37H,4-6,9,12-14,17-19H2,1-3H3,(H,35,38)/t20-,21-,22+,25-,27+,30-,33-/m0/s1. The molecule has 4 aliphatic rings. The summed E-state index contributed by atoms with van der Waals surface area (Å²) in [6, 6.07) is 11.4. The molecule has 7 nitrogen and oxygen atoms in total. The molecule has 0 saturated heterocycles. The maximum absolute atomic E-state index is 13.4. The normalized spacial score (nSPS) is 34.7. The van der Waals surface area contributed by atoms with E-state index in [0.717, 1.165) is 49.4 Å². The first-order chi connectivity index (χ1) is 20.0. The Hall–Kier alpha value is -2.29. The molecule has 1 saturated carbocycles. The predicted octanol–water partition coefficient (Wildman–Crippen LogP) is 5.71. The lowest BCUT2D eigenvalue weighted by atomic mass is 9.67. The van der Waals surface area contributed by atoms with Gasteiger partial charge >= 0.3 is 0 Å². The SMILES string of the molecule is C[C@H]1C[C@H](C)[C@@H](C)S(=O)(=O)NC(=O)c2ccc3c(c2)N(C[C@@H]2CC[C@H]2[C@@H](O)C1)C[C@@]1(CCCc2cc(Cl)ccc21)CO3. The van der Waals surface area contributed by atoms with Gasteiger partial charge in [-0.05, 0) is 117 Å². The van der Waals surface area contributed by atoms with E-state index in [9.17, 15) is 18.3 Å². The van der Waals surface area contributed by atoms with Crippen LogP contribution >= 0.6 is 11.6 Å². The van der Waals surface area contributed by atoms with E-state index in [1.807, 2.05) is 13.0 Å². The molecule has 2 heterocycles. The van der Waals surface area contributed by atoms with Crippen LogP contribution in [0.4, 0.5) is 5.69 Å². The van der Waals surface area contributed by atoms with E-state index in [-0.39, 0.29) is 23.2 Å². The summed E-state index contributed by atoms with van der Waals surface area (Å²) in [6.07, 6.45) is 5.92. The van der Waals surface area contributed by atoms with Gasteiger partial charge in [0.25, 0.3) is 5.91 Å². The van der Waals surface area contributed by atoms with Gasteiger partial charge in [-0.2, -0.15) is 0 Å². The second-order valence-corrected chi connectivity index (χ2v) is 16.1. The van der Waals surface area contributed by atoms with Gasteiger partial charge in [0.1, 0.15) is 5.75 Å². The molecule has 2 N–H and O–H groups in total. The number of anilines is 1. The Balaban J connectivity index is 1.42. The molecule has 7 atom stereocenters. The Morgan fingerprint density at radius 2 is 1.90 bits per heavy atom. The van der Waals surface area contributed by atoms with Gasteiger partial charge in [-0.25, -0.2) is 13.1 Å². The maximum Gasteiger partial charge on any atom is 0.264 e. The molecule has 6 rings (SSSR count). The summed E-state index contributed by atoms with van der Waals surface area (Å²) in [4.78, 5) is 15.7. The summed E-state index contributed by atoms with van der Waals surface area (Å²) < 4.78 is 35.4. The van der Waals surface area contributed by atoms with Crippen LogP contribution in [-0.2, 0) is 21.9 Å². The Bertz CT molecular complexity index is 1460. The van der Waals surface area contributed by atoms with E-state index in [1.54, 1.807) is 25.1 Å². The number of fused-ring (bicyclic) bond motifs is 4. The molecule has 2 aliphatic heterocycles. The van der Waals surface area contributed by atoms with Crippen molar-refractivity contribution in [2.45, 2.75) is 82.5 Å². The fourth-order valence-electron chi connectivity index (χ4n) is 7.96. The van der Waals surface area contributed by atoms with Crippen LogP contribution in [0.25, 0.3) is 0 Å². The number of carbonyl (C=O) groups excluding carboxylic acids is 1. The van der Waals surface area contributed by atoms with E-state index >= 15 is 0 Å². The van der Waals surface area contributed by atoms with E-state index < -0.39 is 27.3 Å². The highest BCUT2D eigenvalue weighted by Gasteiger charge is 2.44. The van der Waals surface area contributed by atoms with Gasteiger partial charge in [0.05, 0.1) is 23.6 Å². The number of rotatable bonds is 0. The number of nitrogens with one attached hydrogen (secondary N) is 1. The van der Waals surface area contributed by atoms with Crippen LogP contribution in [0.2, 0.25) is 5.02 Å². The first-order valence-corrected chi connectivity index (χ1v) is 17.4. The zero-order chi connectivity index (χ0) is 29.8. The number of benzene rings is 2. The average Bonchev–Trinajstić information content (AvgIpc) is 3.06. The molecule has 2 aromatic rings.